The summed E-state index contributed by atoms with van der Waals surface area (Å²) in [7, 11) is 0. The quantitative estimate of drug-likeness (QED) is 0.387. The first-order valence-electron chi connectivity index (χ1n) is 10.4. The molecule has 0 spiro atoms. The largest absolute Gasteiger partial charge is 0.147 e. The van der Waals surface area contributed by atoms with Crippen molar-refractivity contribution in [3.8, 4) is 0 Å². The van der Waals surface area contributed by atoms with E-state index in [1.165, 1.54) is 88.6 Å². The van der Waals surface area contributed by atoms with E-state index in [9.17, 15) is 0 Å². The Morgan fingerprint density at radius 2 is 1.43 bits per heavy atom. The van der Waals surface area contributed by atoms with Crippen LogP contribution in [-0.4, -0.2) is 16.1 Å². The van der Waals surface area contributed by atoms with Crippen molar-refractivity contribution in [1.29, 1.82) is 0 Å². The number of rotatable bonds is 9. The monoisotopic (exact) mass is 356 g/mol. The van der Waals surface area contributed by atoms with E-state index in [2.05, 4.69) is 44.3 Å². The maximum atomic E-state index is 2.55. The van der Waals surface area contributed by atoms with E-state index in [0.29, 0.717) is 5.41 Å². The molecule has 0 aromatic rings. The van der Waals surface area contributed by atoms with Gasteiger partial charge in [-0.05, 0) is 36.5 Å². The summed E-state index contributed by atoms with van der Waals surface area (Å²) in [5.74, 6) is 4.93. The maximum absolute atomic E-state index is 2.55. The predicted molar refractivity (Wildman–Crippen MR) is 111 cm³/mol. The first-order valence-corrected chi connectivity index (χ1v) is 12.5. The van der Waals surface area contributed by atoms with E-state index in [1.807, 2.05) is 0 Å². The molecular weight excluding hydrogens is 316 g/mol. The van der Waals surface area contributed by atoms with Crippen molar-refractivity contribution in [1.82, 2.24) is 0 Å². The molecule has 1 saturated carbocycles. The van der Waals surface area contributed by atoms with Crippen LogP contribution in [0.3, 0.4) is 0 Å². The molecule has 23 heavy (non-hydrogen) atoms. The average molecular weight is 357 g/mol. The molecule has 0 amide bonds. The van der Waals surface area contributed by atoms with E-state index in [1.54, 1.807) is 0 Å². The van der Waals surface area contributed by atoms with Crippen molar-refractivity contribution < 1.29 is 0 Å². The lowest BCUT2D eigenvalue weighted by Crippen LogP contribution is -2.33. The third kappa shape index (κ3) is 6.84. The first-order chi connectivity index (χ1) is 11.2. The molecular formula is C21H40S2. The Bertz CT molecular complexity index is 299. The fourth-order valence-corrected chi connectivity index (χ4v) is 7.94. The minimum absolute atomic E-state index is 0.623. The standard InChI is InChI=1S/C21H40S2/c1-4-6-8-10-18-11-13-19(14-12-18)20-22-16-21(3,17-23-20)15-9-7-5-2/h18-20H,4-17H2,1-3H3. The highest BCUT2D eigenvalue weighted by Gasteiger charge is 2.36. The summed E-state index contributed by atoms with van der Waals surface area (Å²) < 4.78 is 0.922. The van der Waals surface area contributed by atoms with Gasteiger partial charge in [0.2, 0.25) is 0 Å². The Kier molecular flexibility index (Phi) is 9.26. The van der Waals surface area contributed by atoms with Gasteiger partial charge in [0.05, 0.1) is 4.58 Å². The van der Waals surface area contributed by atoms with Gasteiger partial charge in [-0.2, -0.15) is 0 Å². The fraction of sp³-hybridized carbons (Fsp3) is 1.00. The summed E-state index contributed by atoms with van der Waals surface area (Å²) in [6.45, 7) is 7.19. The molecule has 1 heterocycles. The van der Waals surface area contributed by atoms with Gasteiger partial charge in [-0.1, -0.05) is 78.6 Å². The first kappa shape index (κ1) is 20.0. The fourth-order valence-electron chi connectivity index (χ4n) is 4.31. The van der Waals surface area contributed by atoms with Gasteiger partial charge in [-0.25, -0.2) is 0 Å². The number of hydrogen-bond donors (Lipinski definition) is 0. The molecule has 0 unspecified atom stereocenters. The number of thioether (sulfide) groups is 2. The Balaban J connectivity index is 1.64. The Morgan fingerprint density at radius 1 is 0.826 bits per heavy atom. The van der Waals surface area contributed by atoms with Gasteiger partial charge in [0.15, 0.2) is 0 Å². The van der Waals surface area contributed by atoms with Crippen molar-refractivity contribution in [3.63, 3.8) is 0 Å². The zero-order chi connectivity index (χ0) is 16.5. The van der Waals surface area contributed by atoms with Crippen molar-refractivity contribution >= 4 is 23.5 Å². The van der Waals surface area contributed by atoms with Crippen LogP contribution in [0.5, 0.6) is 0 Å². The molecule has 0 bridgehead atoms. The van der Waals surface area contributed by atoms with Gasteiger partial charge >= 0.3 is 0 Å². The highest BCUT2D eigenvalue weighted by Crippen LogP contribution is 2.49. The van der Waals surface area contributed by atoms with Crippen LogP contribution in [0.15, 0.2) is 0 Å². The second-order valence-corrected chi connectivity index (χ2v) is 11.1. The Hall–Kier alpha value is 0.700. The molecule has 2 heteroatoms. The molecule has 136 valence electrons. The number of unbranched alkanes of at least 4 members (excludes halogenated alkanes) is 4. The molecule has 2 aliphatic rings. The van der Waals surface area contributed by atoms with Crippen LogP contribution >= 0.6 is 23.5 Å². The molecule has 1 saturated heterocycles. The molecule has 1 aliphatic carbocycles. The lowest BCUT2D eigenvalue weighted by atomic mass is 9.80. The molecule has 1 aliphatic heterocycles. The number of hydrogen-bond acceptors (Lipinski definition) is 2. The summed E-state index contributed by atoms with van der Waals surface area (Å²) in [5.41, 5.74) is 0.623. The van der Waals surface area contributed by atoms with E-state index >= 15 is 0 Å². The van der Waals surface area contributed by atoms with E-state index in [4.69, 9.17) is 0 Å². The minimum atomic E-state index is 0.623. The molecule has 0 nitrogen and oxygen atoms in total. The topological polar surface area (TPSA) is 0 Å². The van der Waals surface area contributed by atoms with Crippen molar-refractivity contribution in [2.75, 3.05) is 11.5 Å². The van der Waals surface area contributed by atoms with Crippen LogP contribution < -0.4 is 0 Å². The molecule has 2 rings (SSSR count). The zero-order valence-corrected chi connectivity index (χ0v) is 17.6. The van der Waals surface area contributed by atoms with E-state index in [0.717, 1.165) is 16.4 Å². The van der Waals surface area contributed by atoms with Crippen LogP contribution in [0.2, 0.25) is 0 Å². The minimum Gasteiger partial charge on any atom is -0.147 e. The van der Waals surface area contributed by atoms with Crippen LogP contribution in [0.1, 0.15) is 97.8 Å². The molecule has 0 aromatic heterocycles. The van der Waals surface area contributed by atoms with Gasteiger partial charge in [0, 0.05) is 11.5 Å². The molecule has 0 aromatic carbocycles. The third-order valence-electron chi connectivity index (χ3n) is 6.07. The van der Waals surface area contributed by atoms with Gasteiger partial charge in [-0.15, -0.1) is 23.5 Å². The third-order valence-corrected chi connectivity index (χ3v) is 10.0. The van der Waals surface area contributed by atoms with Crippen molar-refractivity contribution in [2.24, 2.45) is 17.3 Å². The van der Waals surface area contributed by atoms with Gasteiger partial charge in [0.1, 0.15) is 0 Å². The summed E-state index contributed by atoms with van der Waals surface area (Å²) in [4.78, 5) is 0. The highest BCUT2D eigenvalue weighted by atomic mass is 32.2. The normalized spacial score (nSPS) is 35.3. The van der Waals surface area contributed by atoms with Gasteiger partial charge in [-0.3, -0.25) is 0 Å². The highest BCUT2D eigenvalue weighted by molar-refractivity contribution is 8.17. The van der Waals surface area contributed by atoms with Crippen molar-refractivity contribution in [2.45, 2.75) is 102 Å². The van der Waals surface area contributed by atoms with Gasteiger partial charge in [0.25, 0.3) is 0 Å². The Morgan fingerprint density at radius 3 is 2.04 bits per heavy atom. The molecule has 0 atom stereocenters. The van der Waals surface area contributed by atoms with Crippen LogP contribution in [0, 0.1) is 17.3 Å². The second-order valence-electron chi connectivity index (χ2n) is 8.53. The van der Waals surface area contributed by atoms with Crippen LogP contribution in [0.4, 0.5) is 0 Å². The average Bonchev–Trinajstić information content (AvgIpc) is 2.57. The molecule has 0 radical (unpaired) electrons. The SMILES string of the molecule is CCCCCC1CCC(C2SCC(C)(CCCCC)CS2)CC1. The lowest BCUT2D eigenvalue weighted by molar-refractivity contribution is 0.268. The van der Waals surface area contributed by atoms with Gasteiger partial charge < -0.3 is 0 Å². The zero-order valence-electron chi connectivity index (χ0n) is 15.9. The molecule has 2 fully saturated rings. The van der Waals surface area contributed by atoms with E-state index < -0.39 is 0 Å². The second kappa shape index (κ2) is 10.6. The maximum Gasteiger partial charge on any atom is 0.0531 e. The van der Waals surface area contributed by atoms with Crippen LogP contribution in [-0.2, 0) is 0 Å². The summed E-state index contributed by atoms with van der Waals surface area (Å²) in [6, 6.07) is 0. The lowest BCUT2D eigenvalue weighted by Gasteiger charge is -2.41. The smallest absolute Gasteiger partial charge is 0.0531 e. The predicted octanol–water partition coefficient (Wildman–Crippen LogP) is 7.77. The van der Waals surface area contributed by atoms with E-state index in [-0.39, 0.29) is 0 Å². The summed E-state index contributed by atoms with van der Waals surface area (Å²) in [5, 5.41) is 0. The molecule has 0 N–H and O–H groups in total. The van der Waals surface area contributed by atoms with Crippen LogP contribution in [0.25, 0.3) is 0 Å². The summed E-state index contributed by atoms with van der Waals surface area (Å²) >= 11 is 4.64. The summed E-state index contributed by atoms with van der Waals surface area (Å²) in [6.07, 6.45) is 17.6. The Labute approximate surface area is 154 Å². The van der Waals surface area contributed by atoms with Crippen molar-refractivity contribution in [3.05, 3.63) is 0 Å².